The van der Waals surface area contributed by atoms with Crippen LogP contribution < -0.4 is 0 Å². The number of carbonyl (C=O) groups excluding carboxylic acids is 1. The molecular weight excluding hydrogens is 366 g/mol. The molecule has 0 spiro atoms. The second kappa shape index (κ2) is 8.35. The Morgan fingerprint density at radius 3 is 1.67 bits per heavy atom. The molecule has 0 saturated heterocycles. The third kappa shape index (κ3) is 4.03. The third-order valence-electron chi connectivity index (χ3n) is 4.04. The fourth-order valence-electron chi connectivity index (χ4n) is 2.80. The summed E-state index contributed by atoms with van der Waals surface area (Å²) in [5, 5.41) is 0. The maximum absolute atomic E-state index is 13.6. The quantitative estimate of drug-likeness (QED) is 0.483. The first-order valence-corrected chi connectivity index (χ1v) is 10.2. The molecule has 0 N–H and O–H groups in total. The van der Waals surface area contributed by atoms with E-state index in [0.717, 1.165) is 4.90 Å². The second-order valence-electron chi connectivity index (χ2n) is 5.98. The number of rotatable bonds is 6. The molecule has 27 heavy (non-hydrogen) atoms. The van der Waals surface area contributed by atoms with E-state index in [1.165, 1.54) is 24.3 Å². The van der Waals surface area contributed by atoms with E-state index in [0.29, 0.717) is 16.2 Å². The highest BCUT2D eigenvalue weighted by molar-refractivity contribution is 8.30. The van der Waals surface area contributed by atoms with Gasteiger partial charge in [-0.1, -0.05) is 25.1 Å². The van der Waals surface area contributed by atoms with Gasteiger partial charge in [0.2, 0.25) is 0 Å². The largest absolute Gasteiger partial charge is 0.402 e. The molecule has 3 aromatic rings. The van der Waals surface area contributed by atoms with Gasteiger partial charge >= 0.3 is 5.97 Å². The first kappa shape index (κ1) is 19.1. The van der Waals surface area contributed by atoms with Gasteiger partial charge in [0.15, 0.2) is 0 Å². The molecule has 0 aromatic heterocycles. The smallest absolute Gasteiger partial charge is 0.317 e. The van der Waals surface area contributed by atoms with Crippen LogP contribution in [-0.2, 0) is 8.98 Å². The van der Waals surface area contributed by atoms with Gasteiger partial charge in [-0.05, 0) is 77.4 Å². The summed E-state index contributed by atoms with van der Waals surface area (Å²) in [6.45, 7) is 1.90. The maximum atomic E-state index is 13.6. The fraction of sp³-hybridized carbons (Fsp3) is 0.136. The van der Waals surface area contributed by atoms with E-state index in [-0.39, 0.29) is 24.0 Å². The zero-order valence-corrected chi connectivity index (χ0v) is 15.7. The molecule has 0 amide bonds. The first-order valence-electron chi connectivity index (χ1n) is 8.68. The molecule has 0 unspecified atom stereocenters. The Kier molecular flexibility index (Phi) is 5.91. The summed E-state index contributed by atoms with van der Waals surface area (Å²) in [5.41, 5.74) is 0. The highest BCUT2D eigenvalue weighted by atomic mass is 32.3. The predicted molar refractivity (Wildman–Crippen MR) is 103 cm³/mol. The Hall–Kier alpha value is -2.66. The minimum Gasteiger partial charge on any atom is -0.402 e. The monoisotopic (exact) mass is 386 g/mol. The lowest BCUT2D eigenvalue weighted by Crippen LogP contribution is -2.13. The number of hydrogen-bond acceptors (Lipinski definition) is 2. The second-order valence-corrected chi connectivity index (χ2v) is 8.68. The van der Waals surface area contributed by atoms with Crippen LogP contribution >= 0.6 is 10.3 Å². The summed E-state index contributed by atoms with van der Waals surface area (Å²) in [6.07, 6.45) is 0.917. The topological polar surface area (TPSA) is 26.3 Å². The number of halogens is 2. The van der Waals surface area contributed by atoms with E-state index < -0.39 is 10.3 Å². The van der Waals surface area contributed by atoms with Gasteiger partial charge in [0, 0.05) is 21.1 Å². The number of benzene rings is 3. The lowest BCUT2D eigenvalue weighted by molar-refractivity contribution is -0.133. The van der Waals surface area contributed by atoms with Crippen LogP contribution in [0.4, 0.5) is 8.78 Å². The maximum Gasteiger partial charge on any atom is 0.317 e. The minimum absolute atomic E-state index is 0.268. The van der Waals surface area contributed by atoms with E-state index >= 15 is 0 Å². The van der Waals surface area contributed by atoms with Crippen molar-refractivity contribution in [2.24, 2.45) is 0 Å². The highest BCUT2D eigenvalue weighted by Crippen LogP contribution is 2.69. The Morgan fingerprint density at radius 2 is 1.22 bits per heavy atom. The molecule has 0 aliphatic heterocycles. The van der Waals surface area contributed by atoms with E-state index in [2.05, 4.69) is 0 Å². The van der Waals surface area contributed by atoms with Crippen LogP contribution in [0.15, 0.2) is 93.5 Å². The van der Waals surface area contributed by atoms with Gasteiger partial charge in [0.1, 0.15) is 11.6 Å². The summed E-state index contributed by atoms with van der Waals surface area (Å²) in [7, 11) is -2.47. The normalized spacial score (nSPS) is 11.8. The molecule has 0 radical (unpaired) electrons. The molecule has 0 fully saturated rings. The molecule has 140 valence electrons. The van der Waals surface area contributed by atoms with Crippen molar-refractivity contribution in [1.29, 1.82) is 0 Å². The van der Waals surface area contributed by atoms with Gasteiger partial charge < -0.3 is 4.18 Å². The average molecular weight is 386 g/mol. The van der Waals surface area contributed by atoms with Crippen LogP contribution in [0.1, 0.15) is 19.8 Å². The predicted octanol–water partition coefficient (Wildman–Crippen LogP) is 6.50. The summed E-state index contributed by atoms with van der Waals surface area (Å²) in [6, 6.07) is 21.2. The van der Waals surface area contributed by atoms with Crippen LogP contribution in [0.25, 0.3) is 0 Å². The van der Waals surface area contributed by atoms with Crippen LogP contribution in [0.2, 0.25) is 0 Å². The molecular formula is C22H20F2O2S. The summed E-state index contributed by atoms with van der Waals surface area (Å²) in [4.78, 5) is 14.7. The molecule has 3 aromatic carbocycles. The van der Waals surface area contributed by atoms with Crippen molar-refractivity contribution >= 4 is 16.3 Å². The van der Waals surface area contributed by atoms with Crippen molar-refractivity contribution in [3.05, 3.63) is 90.5 Å². The van der Waals surface area contributed by atoms with Crippen LogP contribution in [-0.4, -0.2) is 5.97 Å². The van der Waals surface area contributed by atoms with E-state index in [1.807, 2.05) is 37.3 Å². The Balaban J connectivity index is 2.28. The van der Waals surface area contributed by atoms with Gasteiger partial charge in [0.05, 0.1) is 0 Å². The zero-order valence-electron chi connectivity index (χ0n) is 14.9. The molecule has 0 heterocycles. The Labute approximate surface area is 159 Å². The van der Waals surface area contributed by atoms with Crippen molar-refractivity contribution in [2.75, 3.05) is 0 Å². The lowest BCUT2D eigenvalue weighted by atomic mass is 10.3. The molecule has 0 bridgehead atoms. The summed E-state index contributed by atoms with van der Waals surface area (Å²) in [5.74, 6) is -1.09. The van der Waals surface area contributed by atoms with Gasteiger partial charge in [-0.15, -0.1) is 0 Å². The molecule has 0 aliphatic rings. The van der Waals surface area contributed by atoms with Crippen molar-refractivity contribution in [1.82, 2.24) is 0 Å². The standard InChI is InChI=1S/C22H20F2O2S/c1-2-6-22(25)26-27(19-7-4-3-5-8-19,20-13-9-17(23)10-14-20)21-15-11-18(24)12-16-21/h3-5,7-16H,2,6H2,1H3. The SMILES string of the molecule is CCCC(=O)OS(c1ccccc1)(c1ccc(F)cc1)c1ccc(F)cc1. The fourth-order valence-corrected chi connectivity index (χ4v) is 5.85. The lowest BCUT2D eigenvalue weighted by Gasteiger charge is -2.39. The molecule has 3 rings (SSSR count). The summed E-state index contributed by atoms with van der Waals surface area (Å²) < 4.78 is 33.3. The van der Waals surface area contributed by atoms with Gasteiger partial charge in [0.25, 0.3) is 0 Å². The first-order chi connectivity index (χ1) is 13.1. The van der Waals surface area contributed by atoms with E-state index in [1.54, 1.807) is 24.3 Å². The third-order valence-corrected chi connectivity index (χ3v) is 7.28. The zero-order chi connectivity index (χ0) is 19.3. The van der Waals surface area contributed by atoms with Crippen LogP contribution in [0.5, 0.6) is 0 Å². The van der Waals surface area contributed by atoms with Crippen molar-refractivity contribution < 1.29 is 17.8 Å². The molecule has 0 atom stereocenters. The number of carbonyl (C=O) groups is 1. The highest BCUT2D eigenvalue weighted by Gasteiger charge is 2.35. The van der Waals surface area contributed by atoms with Gasteiger partial charge in [-0.2, -0.15) is 0 Å². The Bertz CT molecular complexity index is 848. The summed E-state index contributed by atoms with van der Waals surface area (Å²) >= 11 is 0. The van der Waals surface area contributed by atoms with Gasteiger partial charge in [-0.3, -0.25) is 4.79 Å². The Morgan fingerprint density at radius 1 is 0.778 bits per heavy atom. The average Bonchev–Trinajstić information content (AvgIpc) is 2.68. The van der Waals surface area contributed by atoms with Gasteiger partial charge in [-0.25, -0.2) is 8.78 Å². The molecule has 2 nitrogen and oxygen atoms in total. The van der Waals surface area contributed by atoms with Crippen LogP contribution in [0, 0.1) is 11.6 Å². The van der Waals surface area contributed by atoms with E-state index in [4.69, 9.17) is 4.18 Å². The minimum atomic E-state index is -2.47. The molecule has 0 aliphatic carbocycles. The number of hydrogen-bond donors (Lipinski definition) is 0. The van der Waals surface area contributed by atoms with Crippen LogP contribution in [0.3, 0.4) is 0 Å². The molecule has 0 saturated carbocycles. The molecule has 5 heteroatoms. The van der Waals surface area contributed by atoms with Crippen molar-refractivity contribution in [3.8, 4) is 0 Å². The van der Waals surface area contributed by atoms with Crippen molar-refractivity contribution in [3.63, 3.8) is 0 Å². The van der Waals surface area contributed by atoms with Crippen molar-refractivity contribution in [2.45, 2.75) is 34.5 Å². The van der Waals surface area contributed by atoms with E-state index in [9.17, 15) is 13.6 Å².